The molecule has 0 spiro atoms. The highest BCUT2D eigenvalue weighted by atomic mass is 15.2. The van der Waals surface area contributed by atoms with Crippen LogP contribution in [0.3, 0.4) is 0 Å². The first-order chi connectivity index (χ1) is 7.22. The molecule has 4 nitrogen and oxygen atoms in total. The molecule has 0 bridgehead atoms. The summed E-state index contributed by atoms with van der Waals surface area (Å²) in [6.07, 6.45) is 2.05. The van der Waals surface area contributed by atoms with Crippen molar-refractivity contribution in [2.24, 2.45) is 5.92 Å². The van der Waals surface area contributed by atoms with Gasteiger partial charge in [0.2, 0.25) is 0 Å². The fraction of sp³-hybridized carbons (Fsp3) is 0.636. The number of nitriles is 1. The first-order valence-electron chi connectivity index (χ1n) is 5.45. The van der Waals surface area contributed by atoms with Gasteiger partial charge < -0.3 is 9.88 Å². The molecule has 0 unspecified atom stereocenters. The zero-order valence-corrected chi connectivity index (χ0v) is 9.25. The predicted octanol–water partition coefficient (Wildman–Crippen LogP) is 1.77. The first-order valence-corrected chi connectivity index (χ1v) is 5.45. The molecule has 80 valence electrons. The van der Waals surface area contributed by atoms with Gasteiger partial charge in [0.05, 0.1) is 0 Å². The van der Waals surface area contributed by atoms with Gasteiger partial charge in [0, 0.05) is 19.5 Å². The van der Waals surface area contributed by atoms with Gasteiger partial charge in [0.1, 0.15) is 17.7 Å². The topological polar surface area (TPSA) is 53.6 Å². The highest BCUT2D eigenvalue weighted by molar-refractivity contribution is 5.51. The average molecular weight is 204 g/mol. The Morgan fingerprint density at radius 2 is 2.40 bits per heavy atom. The van der Waals surface area contributed by atoms with Crippen molar-refractivity contribution in [3.63, 3.8) is 0 Å². The van der Waals surface area contributed by atoms with Crippen molar-refractivity contribution in [1.82, 2.24) is 9.55 Å². The molecule has 15 heavy (non-hydrogen) atoms. The van der Waals surface area contributed by atoms with Crippen molar-refractivity contribution < 1.29 is 0 Å². The second-order valence-corrected chi connectivity index (χ2v) is 4.37. The van der Waals surface area contributed by atoms with E-state index in [0.717, 1.165) is 37.6 Å². The third-order valence-corrected chi connectivity index (χ3v) is 2.59. The van der Waals surface area contributed by atoms with E-state index < -0.39 is 0 Å². The van der Waals surface area contributed by atoms with Gasteiger partial charge in [-0.05, 0) is 12.3 Å². The minimum atomic E-state index is 0.547. The van der Waals surface area contributed by atoms with E-state index in [-0.39, 0.29) is 0 Å². The average Bonchev–Trinajstić information content (AvgIpc) is 2.56. The van der Waals surface area contributed by atoms with Gasteiger partial charge in [-0.1, -0.05) is 13.8 Å². The van der Waals surface area contributed by atoms with E-state index in [1.165, 1.54) is 0 Å². The van der Waals surface area contributed by atoms with Crippen molar-refractivity contribution in [3.8, 4) is 6.07 Å². The number of anilines is 1. The molecule has 0 atom stereocenters. The summed E-state index contributed by atoms with van der Waals surface area (Å²) >= 11 is 0. The van der Waals surface area contributed by atoms with Crippen LogP contribution in [0.2, 0.25) is 0 Å². The molecular formula is C11H16N4. The summed E-state index contributed by atoms with van der Waals surface area (Å²) in [5, 5.41) is 12.2. The summed E-state index contributed by atoms with van der Waals surface area (Å²) in [5.74, 6) is 2.54. The van der Waals surface area contributed by atoms with Crippen LogP contribution in [0.4, 0.5) is 5.82 Å². The number of rotatable bonds is 2. The standard InChI is InChI=1S/C11H16N4/c1-8(2)6-10-14-9(7-12)11-13-4-3-5-15(10)11/h8,13H,3-6H2,1-2H3. The molecule has 1 aromatic rings. The van der Waals surface area contributed by atoms with E-state index in [2.05, 4.69) is 34.8 Å². The lowest BCUT2D eigenvalue weighted by Crippen LogP contribution is -2.19. The summed E-state index contributed by atoms with van der Waals surface area (Å²) in [7, 11) is 0. The fourth-order valence-corrected chi connectivity index (χ4v) is 1.96. The number of hydrogen-bond donors (Lipinski definition) is 1. The number of aromatic nitrogens is 2. The monoisotopic (exact) mass is 204 g/mol. The minimum Gasteiger partial charge on any atom is -0.369 e. The molecule has 0 saturated heterocycles. The van der Waals surface area contributed by atoms with E-state index in [0.29, 0.717) is 11.6 Å². The van der Waals surface area contributed by atoms with Gasteiger partial charge in [-0.25, -0.2) is 4.98 Å². The number of nitrogens with zero attached hydrogens (tertiary/aromatic N) is 3. The molecule has 2 rings (SSSR count). The molecule has 0 radical (unpaired) electrons. The Bertz CT molecular complexity index is 397. The molecule has 0 fully saturated rings. The number of hydrogen-bond acceptors (Lipinski definition) is 3. The molecule has 1 aliphatic heterocycles. The van der Waals surface area contributed by atoms with Crippen molar-refractivity contribution in [2.45, 2.75) is 33.2 Å². The normalized spacial score (nSPS) is 14.5. The van der Waals surface area contributed by atoms with E-state index >= 15 is 0 Å². The third kappa shape index (κ3) is 1.82. The third-order valence-electron chi connectivity index (χ3n) is 2.59. The lowest BCUT2D eigenvalue weighted by Gasteiger charge is -2.18. The zero-order chi connectivity index (χ0) is 10.8. The van der Waals surface area contributed by atoms with Crippen LogP contribution >= 0.6 is 0 Å². The van der Waals surface area contributed by atoms with Crippen LogP contribution in [0, 0.1) is 17.2 Å². The minimum absolute atomic E-state index is 0.547. The van der Waals surface area contributed by atoms with Crippen LogP contribution in [0.25, 0.3) is 0 Å². The molecule has 0 amide bonds. The Balaban J connectivity index is 2.39. The Labute approximate surface area is 89.9 Å². The van der Waals surface area contributed by atoms with Gasteiger partial charge >= 0.3 is 0 Å². The molecule has 0 aliphatic carbocycles. The van der Waals surface area contributed by atoms with Crippen molar-refractivity contribution in [2.75, 3.05) is 11.9 Å². The summed E-state index contributed by atoms with van der Waals surface area (Å²) < 4.78 is 2.15. The number of imidazole rings is 1. The lowest BCUT2D eigenvalue weighted by molar-refractivity contribution is 0.551. The van der Waals surface area contributed by atoms with Crippen LogP contribution in [-0.4, -0.2) is 16.1 Å². The van der Waals surface area contributed by atoms with Gasteiger partial charge in [-0.15, -0.1) is 0 Å². The second kappa shape index (κ2) is 3.93. The second-order valence-electron chi connectivity index (χ2n) is 4.37. The summed E-state index contributed by atoms with van der Waals surface area (Å²) in [6.45, 7) is 6.27. The molecule has 1 N–H and O–H groups in total. The molecule has 0 saturated carbocycles. The maximum Gasteiger partial charge on any atom is 0.183 e. The van der Waals surface area contributed by atoms with Crippen LogP contribution < -0.4 is 5.32 Å². The number of nitrogens with one attached hydrogen (secondary N) is 1. The first kappa shape index (κ1) is 10.0. The van der Waals surface area contributed by atoms with Crippen LogP contribution in [-0.2, 0) is 13.0 Å². The molecule has 1 aromatic heterocycles. The van der Waals surface area contributed by atoms with Crippen molar-refractivity contribution >= 4 is 5.82 Å². The highest BCUT2D eigenvalue weighted by Gasteiger charge is 2.19. The largest absolute Gasteiger partial charge is 0.369 e. The van der Waals surface area contributed by atoms with Gasteiger partial charge in [-0.2, -0.15) is 5.26 Å². The summed E-state index contributed by atoms with van der Waals surface area (Å²) in [5.41, 5.74) is 0.547. The van der Waals surface area contributed by atoms with Crippen LogP contribution in [0.15, 0.2) is 0 Å². The molecule has 0 aromatic carbocycles. The summed E-state index contributed by atoms with van der Waals surface area (Å²) in [4.78, 5) is 4.39. The quantitative estimate of drug-likeness (QED) is 0.798. The smallest absolute Gasteiger partial charge is 0.183 e. The number of fused-ring (bicyclic) bond motifs is 1. The van der Waals surface area contributed by atoms with Crippen molar-refractivity contribution in [1.29, 1.82) is 5.26 Å². The highest BCUT2D eigenvalue weighted by Crippen LogP contribution is 2.22. The Hall–Kier alpha value is -1.50. The Morgan fingerprint density at radius 1 is 1.60 bits per heavy atom. The van der Waals surface area contributed by atoms with Gasteiger partial charge in [0.25, 0.3) is 0 Å². The fourth-order valence-electron chi connectivity index (χ4n) is 1.96. The van der Waals surface area contributed by atoms with E-state index in [4.69, 9.17) is 5.26 Å². The molecular weight excluding hydrogens is 188 g/mol. The van der Waals surface area contributed by atoms with Crippen LogP contribution in [0.1, 0.15) is 31.8 Å². The Kier molecular flexibility index (Phi) is 2.63. The maximum atomic E-state index is 8.98. The molecule has 2 heterocycles. The van der Waals surface area contributed by atoms with E-state index in [1.807, 2.05) is 0 Å². The predicted molar refractivity (Wildman–Crippen MR) is 58.6 cm³/mol. The molecule has 1 aliphatic rings. The van der Waals surface area contributed by atoms with E-state index in [9.17, 15) is 0 Å². The van der Waals surface area contributed by atoms with E-state index in [1.54, 1.807) is 0 Å². The Morgan fingerprint density at radius 3 is 3.07 bits per heavy atom. The SMILES string of the molecule is CC(C)Cc1nc(C#N)c2n1CCCN2. The zero-order valence-electron chi connectivity index (χ0n) is 9.25. The lowest BCUT2D eigenvalue weighted by atomic mass is 10.1. The van der Waals surface area contributed by atoms with Gasteiger partial charge in [-0.3, -0.25) is 0 Å². The summed E-state index contributed by atoms with van der Waals surface area (Å²) in [6, 6.07) is 2.15. The van der Waals surface area contributed by atoms with Crippen molar-refractivity contribution in [3.05, 3.63) is 11.5 Å². The molecule has 4 heteroatoms. The van der Waals surface area contributed by atoms with Gasteiger partial charge in [0.15, 0.2) is 5.69 Å². The maximum absolute atomic E-state index is 8.98. The van der Waals surface area contributed by atoms with Crippen LogP contribution in [0.5, 0.6) is 0 Å².